The molecule has 2 aromatic carbocycles. The molecule has 22 heavy (non-hydrogen) atoms. The van der Waals surface area contributed by atoms with E-state index in [4.69, 9.17) is 0 Å². The van der Waals surface area contributed by atoms with Crippen LogP contribution in [0.25, 0.3) is 0 Å². The van der Waals surface area contributed by atoms with Crippen LogP contribution in [0.3, 0.4) is 0 Å². The van der Waals surface area contributed by atoms with Crippen LogP contribution in [0.5, 0.6) is 0 Å². The summed E-state index contributed by atoms with van der Waals surface area (Å²) < 4.78 is 0. The van der Waals surface area contributed by atoms with Crippen LogP contribution < -0.4 is 0 Å². The first-order valence-electron chi connectivity index (χ1n) is 8.30. The maximum atomic E-state index is 2.61. The molecule has 1 nitrogen and oxygen atoms in total. The van der Waals surface area contributed by atoms with Crippen LogP contribution >= 0.6 is 11.8 Å². The minimum Gasteiger partial charge on any atom is -0.299 e. The monoisotopic (exact) mass is 311 g/mol. The minimum atomic E-state index is 1.05. The molecule has 1 saturated heterocycles. The van der Waals surface area contributed by atoms with Crippen molar-refractivity contribution in [1.82, 2.24) is 4.90 Å². The van der Waals surface area contributed by atoms with Crippen LogP contribution in [0, 0.1) is 6.92 Å². The Morgan fingerprint density at radius 1 is 0.955 bits per heavy atom. The predicted octanol–water partition coefficient (Wildman–Crippen LogP) is 5.27. The van der Waals surface area contributed by atoms with Crippen LogP contribution in [0.1, 0.15) is 36.0 Å². The lowest BCUT2D eigenvalue weighted by Crippen LogP contribution is -2.29. The normalized spacial score (nSPS) is 15.9. The molecule has 1 fully saturated rings. The van der Waals surface area contributed by atoms with Crippen LogP contribution in [-0.4, -0.2) is 18.0 Å². The summed E-state index contributed by atoms with van der Waals surface area (Å²) in [5.41, 5.74) is 4.25. The lowest BCUT2D eigenvalue weighted by molar-refractivity contribution is 0.219. The second-order valence-electron chi connectivity index (χ2n) is 6.22. The maximum Gasteiger partial charge on any atom is 0.0244 e. The van der Waals surface area contributed by atoms with E-state index >= 15 is 0 Å². The predicted molar refractivity (Wildman–Crippen MR) is 96.3 cm³/mol. The molecule has 1 aliphatic heterocycles. The highest BCUT2D eigenvalue weighted by molar-refractivity contribution is 7.98. The SMILES string of the molecule is Cc1cccc(CSc2ccccc2CN2CCCCC2)c1. The van der Waals surface area contributed by atoms with Crippen LogP contribution in [0.4, 0.5) is 0 Å². The molecule has 1 heterocycles. The molecule has 0 N–H and O–H groups in total. The fourth-order valence-corrected chi connectivity index (χ4v) is 4.09. The quantitative estimate of drug-likeness (QED) is 0.692. The molecule has 0 spiro atoms. The van der Waals surface area contributed by atoms with Crippen molar-refractivity contribution in [2.75, 3.05) is 13.1 Å². The summed E-state index contributed by atoms with van der Waals surface area (Å²) in [6.07, 6.45) is 4.12. The molecule has 0 saturated carbocycles. The summed E-state index contributed by atoms with van der Waals surface area (Å²) in [7, 11) is 0. The number of piperidine rings is 1. The van der Waals surface area contributed by atoms with Crippen molar-refractivity contribution in [3.8, 4) is 0 Å². The van der Waals surface area contributed by atoms with Gasteiger partial charge in [0.1, 0.15) is 0 Å². The summed E-state index contributed by atoms with van der Waals surface area (Å²) >= 11 is 1.97. The first-order chi connectivity index (χ1) is 10.8. The molecule has 3 rings (SSSR count). The summed E-state index contributed by atoms with van der Waals surface area (Å²) in [4.78, 5) is 4.05. The van der Waals surface area contributed by atoms with E-state index in [0.717, 1.165) is 12.3 Å². The van der Waals surface area contributed by atoms with E-state index < -0.39 is 0 Å². The Morgan fingerprint density at radius 2 is 1.77 bits per heavy atom. The standard InChI is InChI=1S/C20H25NS/c1-17-8-7-9-18(14-17)16-22-20-11-4-3-10-19(20)15-21-12-5-2-6-13-21/h3-4,7-11,14H,2,5-6,12-13,15-16H2,1H3. The number of benzene rings is 2. The van der Waals surface area contributed by atoms with Crippen molar-refractivity contribution in [3.63, 3.8) is 0 Å². The molecule has 0 unspecified atom stereocenters. The van der Waals surface area contributed by atoms with Crippen molar-refractivity contribution in [1.29, 1.82) is 0 Å². The maximum absolute atomic E-state index is 2.61. The lowest BCUT2D eigenvalue weighted by Gasteiger charge is -2.27. The fourth-order valence-electron chi connectivity index (χ4n) is 3.10. The number of nitrogens with zero attached hydrogens (tertiary/aromatic N) is 1. The van der Waals surface area contributed by atoms with Crippen molar-refractivity contribution in [3.05, 3.63) is 65.2 Å². The van der Waals surface area contributed by atoms with Gasteiger partial charge in [-0.25, -0.2) is 0 Å². The average Bonchev–Trinajstić information content (AvgIpc) is 2.55. The van der Waals surface area contributed by atoms with Crippen LogP contribution in [0.2, 0.25) is 0 Å². The van der Waals surface area contributed by atoms with E-state index in [-0.39, 0.29) is 0 Å². The first-order valence-corrected chi connectivity index (χ1v) is 9.28. The summed E-state index contributed by atoms with van der Waals surface area (Å²) in [6.45, 7) is 5.79. The van der Waals surface area contributed by atoms with Crippen LogP contribution in [0.15, 0.2) is 53.4 Å². The van der Waals surface area contributed by atoms with E-state index in [1.165, 1.54) is 53.9 Å². The van der Waals surface area contributed by atoms with E-state index in [2.05, 4.69) is 60.4 Å². The highest BCUT2D eigenvalue weighted by atomic mass is 32.2. The van der Waals surface area contributed by atoms with Gasteiger partial charge in [0.2, 0.25) is 0 Å². The second-order valence-corrected chi connectivity index (χ2v) is 7.24. The molecule has 0 radical (unpaired) electrons. The molecule has 0 bridgehead atoms. The first kappa shape index (κ1) is 15.6. The molecule has 116 valence electrons. The smallest absolute Gasteiger partial charge is 0.0244 e. The van der Waals surface area contributed by atoms with E-state index in [1.807, 2.05) is 11.8 Å². The number of rotatable bonds is 5. The van der Waals surface area contributed by atoms with Gasteiger partial charge in [0.15, 0.2) is 0 Å². The third-order valence-electron chi connectivity index (χ3n) is 4.29. The minimum absolute atomic E-state index is 1.05. The molecule has 0 aliphatic carbocycles. The summed E-state index contributed by atoms with van der Waals surface area (Å²) in [5.74, 6) is 1.05. The Hall–Kier alpha value is -1.25. The molecule has 1 aliphatic rings. The summed E-state index contributed by atoms with van der Waals surface area (Å²) in [6, 6.07) is 17.8. The average molecular weight is 311 g/mol. The number of aryl methyl sites for hydroxylation is 1. The van der Waals surface area contributed by atoms with E-state index in [9.17, 15) is 0 Å². The number of hydrogen-bond acceptors (Lipinski definition) is 2. The Kier molecular flexibility index (Phi) is 5.58. The van der Waals surface area contributed by atoms with Crippen molar-refractivity contribution in [2.24, 2.45) is 0 Å². The van der Waals surface area contributed by atoms with Gasteiger partial charge in [-0.05, 0) is 50.0 Å². The third-order valence-corrected chi connectivity index (χ3v) is 5.48. The zero-order valence-corrected chi connectivity index (χ0v) is 14.2. The Morgan fingerprint density at radius 3 is 2.59 bits per heavy atom. The molecular weight excluding hydrogens is 286 g/mol. The van der Waals surface area contributed by atoms with Gasteiger partial charge in [-0.2, -0.15) is 0 Å². The Bertz CT molecular complexity index is 602. The molecule has 0 atom stereocenters. The van der Waals surface area contributed by atoms with Gasteiger partial charge >= 0.3 is 0 Å². The van der Waals surface area contributed by atoms with Gasteiger partial charge < -0.3 is 0 Å². The van der Waals surface area contributed by atoms with Crippen molar-refractivity contribution in [2.45, 2.75) is 43.4 Å². The third kappa shape index (κ3) is 4.37. The van der Waals surface area contributed by atoms with E-state index in [0.29, 0.717) is 0 Å². The van der Waals surface area contributed by atoms with Gasteiger partial charge in [-0.1, -0.05) is 54.4 Å². The molecule has 2 heteroatoms. The van der Waals surface area contributed by atoms with Gasteiger partial charge in [-0.15, -0.1) is 11.8 Å². The number of hydrogen-bond donors (Lipinski definition) is 0. The highest BCUT2D eigenvalue weighted by Gasteiger charge is 2.12. The Labute approximate surface area is 138 Å². The van der Waals surface area contributed by atoms with Gasteiger partial charge in [0, 0.05) is 17.2 Å². The van der Waals surface area contributed by atoms with Crippen LogP contribution in [-0.2, 0) is 12.3 Å². The molecule has 2 aromatic rings. The Balaban J connectivity index is 1.65. The largest absolute Gasteiger partial charge is 0.299 e. The lowest BCUT2D eigenvalue weighted by atomic mass is 10.1. The zero-order chi connectivity index (χ0) is 15.2. The van der Waals surface area contributed by atoms with Crippen molar-refractivity contribution >= 4 is 11.8 Å². The number of likely N-dealkylation sites (tertiary alicyclic amines) is 1. The summed E-state index contributed by atoms with van der Waals surface area (Å²) in [5, 5.41) is 0. The number of thioether (sulfide) groups is 1. The van der Waals surface area contributed by atoms with Gasteiger partial charge in [0.25, 0.3) is 0 Å². The molecule has 0 aromatic heterocycles. The zero-order valence-electron chi connectivity index (χ0n) is 13.4. The van der Waals surface area contributed by atoms with Crippen molar-refractivity contribution < 1.29 is 0 Å². The second kappa shape index (κ2) is 7.85. The topological polar surface area (TPSA) is 3.24 Å². The fraction of sp³-hybridized carbons (Fsp3) is 0.400. The van der Waals surface area contributed by atoms with Gasteiger partial charge in [-0.3, -0.25) is 4.90 Å². The molecule has 0 amide bonds. The highest BCUT2D eigenvalue weighted by Crippen LogP contribution is 2.28. The van der Waals surface area contributed by atoms with Gasteiger partial charge in [0.05, 0.1) is 0 Å². The molecular formula is C20H25NS. The van der Waals surface area contributed by atoms with E-state index in [1.54, 1.807) is 0 Å².